The lowest BCUT2D eigenvalue weighted by molar-refractivity contribution is -0.126. The maximum atomic E-state index is 14.7. The minimum Gasteiger partial charge on any atom is -0.351 e. The van der Waals surface area contributed by atoms with Crippen molar-refractivity contribution >= 4 is 17.5 Å². The Hall–Kier alpha value is -3.20. The van der Waals surface area contributed by atoms with Gasteiger partial charge < -0.3 is 5.32 Å². The Kier molecular flexibility index (Phi) is 6.61. The molecule has 0 aromatic heterocycles. The van der Waals surface area contributed by atoms with Crippen molar-refractivity contribution in [2.24, 2.45) is 0 Å². The zero-order valence-corrected chi connectivity index (χ0v) is 15.9. The number of anilines is 1. The van der Waals surface area contributed by atoms with Crippen LogP contribution in [0.5, 0.6) is 0 Å². The topological polar surface area (TPSA) is 49.4 Å². The fourth-order valence-electron chi connectivity index (χ4n) is 3.70. The Balaban J connectivity index is 2.08. The highest BCUT2D eigenvalue weighted by Crippen LogP contribution is 2.32. The number of nitrogens with one attached hydrogen (secondary N) is 1. The molecular weight excluding hydrogens is 374 g/mol. The Morgan fingerprint density at radius 1 is 1.00 bits per heavy atom. The van der Waals surface area contributed by atoms with E-state index in [4.69, 9.17) is 6.42 Å². The van der Waals surface area contributed by atoms with Crippen molar-refractivity contribution in [3.05, 3.63) is 65.7 Å². The summed E-state index contributed by atoms with van der Waals surface area (Å²) in [5.41, 5.74) is -0.227. The van der Waals surface area contributed by atoms with Crippen molar-refractivity contribution in [2.45, 2.75) is 44.2 Å². The molecule has 0 spiro atoms. The van der Waals surface area contributed by atoms with Gasteiger partial charge in [0.25, 0.3) is 0 Å². The number of halogens is 2. The molecule has 150 valence electrons. The summed E-state index contributed by atoms with van der Waals surface area (Å²) in [6.07, 6.45) is 9.98. The van der Waals surface area contributed by atoms with Crippen molar-refractivity contribution in [1.82, 2.24) is 5.32 Å². The maximum absolute atomic E-state index is 14.7. The number of nitrogens with zero attached hydrogens (tertiary/aromatic N) is 1. The lowest BCUT2D eigenvalue weighted by Gasteiger charge is -2.32. The van der Waals surface area contributed by atoms with Crippen LogP contribution in [0.1, 0.15) is 43.7 Å². The minimum atomic E-state index is -1.43. The second-order valence-corrected chi connectivity index (χ2v) is 7.04. The van der Waals surface area contributed by atoms with E-state index >= 15 is 0 Å². The fourth-order valence-corrected chi connectivity index (χ4v) is 3.70. The van der Waals surface area contributed by atoms with Crippen molar-refractivity contribution in [3.63, 3.8) is 0 Å². The molecule has 1 N–H and O–H groups in total. The summed E-state index contributed by atoms with van der Waals surface area (Å²) >= 11 is 0. The smallest absolute Gasteiger partial charge is 0.303 e. The van der Waals surface area contributed by atoms with E-state index in [-0.39, 0.29) is 17.3 Å². The molecule has 2 aromatic rings. The molecule has 29 heavy (non-hydrogen) atoms. The van der Waals surface area contributed by atoms with Crippen LogP contribution < -0.4 is 10.2 Å². The third-order valence-electron chi connectivity index (χ3n) is 5.11. The third-order valence-corrected chi connectivity index (χ3v) is 5.11. The van der Waals surface area contributed by atoms with Gasteiger partial charge in [0.05, 0.1) is 5.69 Å². The van der Waals surface area contributed by atoms with Crippen molar-refractivity contribution in [2.75, 3.05) is 4.90 Å². The molecule has 1 aliphatic rings. The molecule has 6 heteroatoms. The number of terminal acetylenes is 1. The monoisotopic (exact) mass is 396 g/mol. The Bertz CT molecular complexity index is 932. The zero-order chi connectivity index (χ0) is 20.8. The van der Waals surface area contributed by atoms with Crippen LogP contribution in [-0.2, 0) is 9.59 Å². The molecular formula is C23H22F2N2O2. The van der Waals surface area contributed by atoms with E-state index in [1.807, 2.05) is 5.92 Å². The number of hydrogen-bond donors (Lipinski definition) is 1. The molecule has 4 nitrogen and oxygen atoms in total. The molecule has 1 atom stereocenters. The summed E-state index contributed by atoms with van der Waals surface area (Å²) in [5, 5.41) is 2.90. The molecule has 0 aliphatic heterocycles. The van der Waals surface area contributed by atoms with Gasteiger partial charge in [-0.15, -0.1) is 6.42 Å². The van der Waals surface area contributed by atoms with Crippen LogP contribution >= 0.6 is 0 Å². The lowest BCUT2D eigenvalue weighted by Crippen LogP contribution is -2.47. The van der Waals surface area contributed by atoms with Gasteiger partial charge in [-0.25, -0.2) is 8.78 Å². The Labute approximate surface area is 168 Å². The van der Waals surface area contributed by atoms with Crippen LogP contribution in [0, 0.1) is 24.0 Å². The van der Waals surface area contributed by atoms with E-state index in [1.54, 1.807) is 6.07 Å². The van der Waals surface area contributed by atoms with Gasteiger partial charge in [-0.05, 0) is 37.0 Å². The highest BCUT2D eigenvalue weighted by molar-refractivity contribution is 6.09. The first kappa shape index (κ1) is 20.5. The largest absolute Gasteiger partial charge is 0.351 e. The number of rotatable bonds is 5. The van der Waals surface area contributed by atoms with Gasteiger partial charge in [0.15, 0.2) is 0 Å². The first-order valence-corrected chi connectivity index (χ1v) is 9.62. The van der Waals surface area contributed by atoms with Gasteiger partial charge in [-0.3, -0.25) is 14.5 Å². The first-order valence-electron chi connectivity index (χ1n) is 9.62. The molecule has 0 radical (unpaired) electrons. The van der Waals surface area contributed by atoms with E-state index in [0.29, 0.717) is 0 Å². The van der Waals surface area contributed by atoms with Gasteiger partial charge in [0.1, 0.15) is 17.7 Å². The lowest BCUT2D eigenvalue weighted by atomic mass is 9.94. The maximum Gasteiger partial charge on any atom is 0.303 e. The van der Waals surface area contributed by atoms with Crippen molar-refractivity contribution in [3.8, 4) is 12.3 Å². The van der Waals surface area contributed by atoms with Crippen LogP contribution in [0.4, 0.5) is 14.5 Å². The van der Waals surface area contributed by atoms with Crippen LogP contribution in [0.15, 0.2) is 48.5 Å². The minimum absolute atomic E-state index is 0.0485. The standard InChI is InChI=1S/C23H22F2N2O2/c1-2-21(28)27(20-15-9-8-14-19(20)25)22(17-12-6-7-13-18(17)24)23(29)26-16-10-4-3-5-11-16/h1,6-9,12-16,22H,3-5,10-11H2,(H,26,29)/t22-/m1/s1. The molecule has 3 rings (SSSR count). The van der Waals surface area contributed by atoms with Crippen LogP contribution in [0.25, 0.3) is 0 Å². The third kappa shape index (κ3) is 4.62. The predicted octanol–water partition coefficient (Wildman–Crippen LogP) is 4.12. The summed E-state index contributed by atoms with van der Waals surface area (Å²) in [5.74, 6) is -0.992. The van der Waals surface area contributed by atoms with Crippen molar-refractivity contribution < 1.29 is 18.4 Å². The summed E-state index contributed by atoms with van der Waals surface area (Å²) in [7, 11) is 0. The molecule has 0 bridgehead atoms. The van der Waals surface area contributed by atoms with E-state index in [9.17, 15) is 18.4 Å². The average Bonchev–Trinajstić information content (AvgIpc) is 2.73. The van der Waals surface area contributed by atoms with E-state index in [0.717, 1.165) is 43.1 Å². The molecule has 1 saturated carbocycles. The van der Waals surface area contributed by atoms with Crippen LogP contribution in [-0.4, -0.2) is 17.9 Å². The van der Waals surface area contributed by atoms with Gasteiger partial charge in [0.2, 0.25) is 5.91 Å². The molecule has 2 amide bonds. The van der Waals surface area contributed by atoms with Crippen molar-refractivity contribution in [1.29, 1.82) is 0 Å². The van der Waals surface area contributed by atoms with Gasteiger partial charge in [-0.1, -0.05) is 49.6 Å². The molecule has 1 aliphatic carbocycles. The fraction of sp³-hybridized carbons (Fsp3) is 0.304. The Morgan fingerprint density at radius 2 is 1.62 bits per heavy atom. The highest BCUT2D eigenvalue weighted by atomic mass is 19.1. The van der Waals surface area contributed by atoms with E-state index in [2.05, 4.69) is 5.32 Å². The SMILES string of the molecule is C#CC(=O)N(c1ccccc1F)[C@@H](C(=O)NC1CCCCC1)c1ccccc1F. The summed E-state index contributed by atoms with van der Waals surface area (Å²) < 4.78 is 29.2. The van der Waals surface area contributed by atoms with E-state index < -0.39 is 29.5 Å². The summed E-state index contributed by atoms with van der Waals surface area (Å²) in [4.78, 5) is 26.7. The summed E-state index contributed by atoms with van der Waals surface area (Å²) in [6.45, 7) is 0. The molecule has 0 unspecified atom stereocenters. The predicted molar refractivity (Wildman–Crippen MR) is 107 cm³/mol. The second-order valence-electron chi connectivity index (χ2n) is 7.04. The second kappa shape index (κ2) is 9.33. The van der Waals surface area contributed by atoms with Gasteiger partial charge >= 0.3 is 5.91 Å². The molecule has 1 fully saturated rings. The first-order chi connectivity index (χ1) is 14.0. The van der Waals surface area contributed by atoms with Gasteiger partial charge in [-0.2, -0.15) is 0 Å². The number of carbonyl (C=O) groups excluding carboxylic acids is 2. The number of carbonyl (C=O) groups is 2. The zero-order valence-electron chi connectivity index (χ0n) is 15.9. The van der Waals surface area contributed by atoms with Crippen LogP contribution in [0.2, 0.25) is 0 Å². The number of hydrogen-bond acceptors (Lipinski definition) is 2. The number of benzene rings is 2. The average molecular weight is 396 g/mol. The summed E-state index contributed by atoms with van der Waals surface area (Å²) in [6, 6.07) is 9.59. The molecule has 2 aromatic carbocycles. The quantitative estimate of drug-likeness (QED) is 0.773. The molecule has 0 heterocycles. The highest BCUT2D eigenvalue weighted by Gasteiger charge is 2.36. The Morgan fingerprint density at radius 3 is 2.24 bits per heavy atom. The van der Waals surface area contributed by atoms with E-state index in [1.165, 1.54) is 36.4 Å². The normalized spacial score (nSPS) is 15.2. The molecule has 0 saturated heterocycles. The van der Waals surface area contributed by atoms with Crippen LogP contribution in [0.3, 0.4) is 0 Å². The number of para-hydroxylation sites is 1. The number of amides is 2. The van der Waals surface area contributed by atoms with Gasteiger partial charge in [0, 0.05) is 11.6 Å².